The van der Waals surface area contributed by atoms with Crippen molar-refractivity contribution in [1.29, 1.82) is 0 Å². The summed E-state index contributed by atoms with van der Waals surface area (Å²) in [4.78, 5) is 45.7. The van der Waals surface area contributed by atoms with E-state index in [-0.39, 0.29) is 18.0 Å². The molecule has 10 heteroatoms. The molecule has 218 valence electrons. The van der Waals surface area contributed by atoms with E-state index in [1.165, 1.54) is 0 Å². The highest BCUT2D eigenvalue weighted by Crippen LogP contribution is 2.35. The smallest absolute Gasteiger partial charge is 0.220 e. The van der Waals surface area contributed by atoms with Gasteiger partial charge in [0.2, 0.25) is 5.91 Å². The van der Waals surface area contributed by atoms with E-state index in [0.717, 1.165) is 63.9 Å². The predicted octanol–water partition coefficient (Wildman–Crippen LogP) is 8.35. The molecular formula is C31H37N3O3S4. The summed E-state index contributed by atoms with van der Waals surface area (Å²) in [5, 5.41) is 1.92. The van der Waals surface area contributed by atoms with Gasteiger partial charge >= 0.3 is 0 Å². The Hall–Kier alpha value is -2.27. The zero-order valence-electron chi connectivity index (χ0n) is 23.3. The Morgan fingerprint density at radius 2 is 1.41 bits per heavy atom. The van der Waals surface area contributed by atoms with E-state index in [4.69, 9.17) is 5.73 Å². The van der Waals surface area contributed by atoms with Gasteiger partial charge < -0.3 is 5.73 Å². The van der Waals surface area contributed by atoms with Crippen LogP contribution in [0.25, 0.3) is 0 Å². The van der Waals surface area contributed by atoms with E-state index in [0.29, 0.717) is 19.3 Å². The van der Waals surface area contributed by atoms with Gasteiger partial charge in [-0.15, -0.1) is 0 Å². The normalized spacial score (nSPS) is 11.7. The van der Waals surface area contributed by atoms with Crippen molar-refractivity contribution in [3.8, 4) is 0 Å². The number of ketones is 2. The maximum atomic E-state index is 13.2. The van der Waals surface area contributed by atoms with Gasteiger partial charge in [-0.25, -0.2) is 9.97 Å². The van der Waals surface area contributed by atoms with Crippen molar-refractivity contribution in [3.05, 3.63) is 83.7 Å². The second-order valence-electron chi connectivity index (χ2n) is 9.68. The molecule has 0 radical (unpaired) electrons. The molecule has 0 spiro atoms. The van der Waals surface area contributed by atoms with E-state index in [1.807, 2.05) is 55.5 Å². The molecule has 1 unspecified atom stereocenters. The van der Waals surface area contributed by atoms with Crippen LogP contribution in [0.5, 0.6) is 0 Å². The molecule has 0 saturated carbocycles. The molecule has 0 fully saturated rings. The number of rotatable bonds is 20. The van der Waals surface area contributed by atoms with Crippen LogP contribution < -0.4 is 5.73 Å². The number of unbranched alkanes of at least 4 members (excludes halogenated alkanes) is 2. The lowest BCUT2D eigenvalue weighted by atomic mass is 9.93. The highest BCUT2D eigenvalue weighted by Gasteiger charge is 2.19. The van der Waals surface area contributed by atoms with Crippen molar-refractivity contribution in [2.24, 2.45) is 11.7 Å². The Balaban J connectivity index is 1.55. The maximum Gasteiger partial charge on any atom is 0.220 e. The van der Waals surface area contributed by atoms with Crippen LogP contribution in [0.2, 0.25) is 0 Å². The van der Waals surface area contributed by atoms with E-state index < -0.39 is 11.8 Å². The quantitative estimate of drug-likeness (QED) is 0.0752. The van der Waals surface area contributed by atoms with Gasteiger partial charge in [0.15, 0.2) is 5.78 Å². The lowest BCUT2D eigenvalue weighted by molar-refractivity contribution is -0.127. The van der Waals surface area contributed by atoms with Crippen molar-refractivity contribution >= 4 is 60.6 Å². The molecule has 0 aliphatic heterocycles. The number of pyridine rings is 2. The lowest BCUT2D eigenvalue weighted by Crippen LogP contribution is -2.25. The molecule has 3 aromatic rings. The SMILES string of the molecule is CCCC(=O)CC(CCCCCC(=O)c1cc(CSSc2ccccn2)cc(CSSc2ccccn2)c1)C(N)=O. The molecule has 3 rings (SSSR count). The number of carbonyl (C=O) groups excluding carboxylic acids is 3. The number of Topliss-reactive ketones (excluding diaryl/α,β-unsaturated/α-hetero) is 2. The molecule has 0 aliphatic rings. The van der Waals surface area contributed by atoms with E-state index in [1.54, 1.807) is 55.6 Å². The summed E-state index contributed by atoms with van der Waals surface area (Å²) in [7, 11) is 6.67. The van der Waals surface area contributed by atoms with Crippen molar-refractivity contribution in [3.63, 3.8) is 0 Å². The number of benzene rings is 1. The lowest BCUT2D eigenvalue weighted by Gasteiger charge is -2.12. The van der Waals surface area contributed by atoms with Gasteiger partial charge in [0.25, 0.3) is 0 Å². The van der Waals surface area contributed by atoms with Gasteiger partial charge in [0, 0.05) is 54.6 Å². The number of hydrogen-bond donors (Lipinski definition) is 1. The fourth-order valence-electron chi connectivity index (χ4n) is 4.20. The number of nitrogens with two attached hydrogens (primary N) is 1. The van der Waals surface area contributed by atoms with E-state index >= 15 is 0 Å². The summed E-state index contributed by atoms with van der Waals surface area (Å²) in [5.74, 6) is 0.926. The van der Waals surface area contributed by atoms with Gasteiger partial charge in [-0.05, 0) is 88.4 Å². The van der Waals surface area contributed by atoms with Gasteiger partial charge in [0.05, 0.1) is 0 Å². The summed E-state index contributed by atoms with van der Waals surface area (Å²) in [6, 6.07) is 17.9. The van der Waals surface area contributed by atoms with Crippen molar-refractivity contribution in [2.75, 3.05) is 0 Å². The second kappa shape index (κ2) is 19.0. The van der Waals surface area contributed by atoms with Crippen LogP contribution in [0.1, 0.15) is 79.8 Å². The molecule has 6 nitrogen and oxygen atoms in total. The third-order valence-corrected chi connectivity index (χ3v) is 10.7. The maximum absolute atomic E-state index is 13.2. The van der Waals surface area contributed by atoms with Crippen LogP contribution in [-0.2, 0) is 21.1 Å². The van der Waals surface area contributed by atoms with Crippen molar-refractivity contribution in [2.45, 2.75) is 79.8 Å². The fraction of sp³-hybridized carbons (Fsp3) is 0.387. The number of primary amides is 1. The Labute approximate surface area is 259 Å². The minimum atomic E-state index is -0.410. The molecular weight excluding hydrogens is 591 g/mol. The van der Waals surface area contributed by atoms with Gasteiger partial charge in [-0.2, -0.15) is 0 Å². The summed E-state index contributed by atoms with van der Waals surface area (Å²) in [5.41, 5.74) is 8.49. The number of hydrogen-bond acceptors (Lipinski definition) is 9. The minimum Gasteiger partial charge on any atom is -0.369 e. The average Bonchev–Trinajstić information content (AvgIpc) is 2.97. The summed E-state index contributed by atoms with van der Waals surface area (Å²) >= 11 is 0. The molecule has 1 atom stereocenters. The van der Waals surface area contributed by atoms with Crippen molar-refractivity contribution < 1.29 is 14.4 Å². The van der Waals surface area contributed by atoms with Crippen LogP contribution in [0.4, 0.5) is 0 Å². The molecule has 0 bridgehead atoms. The largest absolute Gasteiger partial charge is 0.369 e. The van der Waals surface area contributed by atoms with Gasteiger partial charge in [0.1, 0.15) is 15.8 Å². The van der Waals surface area contributed by atoms with E-state index in [9.17, 15) is 14.4 Å². The first kappa shape index (κ1) is 33.2. The molecule has 2 N–H and O–H groups in total. The third-order valence-electron chi connectivity index (χ3n) is 6.25. The van der Waals surface area contributed by atoms with Crippen LogP contribution >= 0.6 is 43.2 Å². The molecule has 1 aromatic carbocycles. The van der Waals surface area contributed by atoms with Crippen LogP contribution in [0.3, 0.4) is 0 Å². The zero-order valence-corrected chi connectivity index (χ0v) is 26.6. The first-order chi connectivity index (χ1) is 19.9. The molecule has 41 heavy (non-hydrogen) atoms. The van der Waals surface area contributed by atoms with Crippen molar-refractivity contribution in [1.82, 2.24) is 9.97 Å². The number of nitrogens with zero attached hydrogens (tertiary/aromatic N) is 2. The van der Waals surface area contributed by atoms with Crippen LogP contribution in [0, 0.1) is 5.92 Å². The van der Waals surface area contributed by atoms with Crippen LogP contribution in [0.15, 0.2) is 77.0 Å². The predicted molar refractivity (Wildman–Crippen MR) is 174 cm³/mol. The zero-order chi connectivity index (χ0) is 29.3. The van der Waals surface area contributed by atoms with Gasteiger partial charge in [-0.3, -0.25) is 14.4 Å². The molecule has 2 heterocycles. The minimum absolute atomic E-state index is 0.0929. The molecule has 0 saturated heterocycles. The monoisotopic (exact) mass is 627 g/mol. The highest BCUT2D eigenvalue weighted by molar-refractivity contribution is 8.76. The molecule has 1 amide bonds. The standard InChI is InChI=1S/C31H37N3O3S4/c1-2-10-27(35)20-25(31(32)37)11-4-3-5-12-28(36)26-18-23(21-38-40-29-13-6-8-15-33-29)17-24(19-26)22-39-41-30-14-7-9-16-34-30/h6-9,13-19,25H,2-5,10-12,20-22H2,1H3,(H2,32,37). The summed E-state index contributed by atoms with van der Waals surface area (Å²) < 4.78 is 0. The molecule has 2 aromatic heterocycles. The molecule has 0 aliphatic carbocycles. The summed E-state index contributed by atoms with van der Waals surface area (Å²) in [6.07, 6.45) is 8.43. The third kappa shape index (κ3) is 13.1. The number of aromatic nitrogens is 2. The summed E-state index contributed by atoms with van der Waals surface area (Å²) in [6.45, 7) is 1.95. The first-order valence-corrected chi connectivity index (χ1v) is 18.5. The second-order valence-corrected chi connectivity index (χ2v) is 14.3. The number of amides is 1. The fourth-order valence-corrected chi connectivity index (χ4v) is 8.12. The first-order valence-electron chi connectivity index (χ1n) is 13.8. The number of carbonyl (C=O) groups is 3. The van der Waals surface area contributed by atoms with E-state index in [2.05, 4.69) is 16.0 Å². The highest BCUT2D eigenvalue weighted by atomic mass is 33.1. The topological polar surface area (TPSA) is 103 Å². The van der Waals surface area contributed by atoms with Gasteiger partial charge in [-0.1, -0.05) is 59.6 Å². The Morgan fingerprint density at radius 3 is 1.93 bits per heavy atom. The Bertz CT molecular complexity index is 1180. The Morgan fingerprint density at radius 1 is 0.805 bits per heavy atom. The van der Waals surface area contributed by atoms with Crippen LogP contribution in [-0.4, -0.2) is 27.4 Å². The Kier molecular flexibility index (Phi) is 15.4. The average molecular weight is 628 g/mol.